The van der Waals surface area contributed by atoms with E-state index < -0.39 is 44.9 Å². The number of nitriles is 1. The Hall–Kier alpha value is -3.77. The Morgan fingerprint density at radius 2 is 2.14 bits per heavy atom. The molecule has 1 heterocycles. The van der Waals surface area contributed by atoms with Gasteiger partial charge in [-0.3, -0.25) is 14.8 Å². The van der Waals surface area contributed by atoms with E-state index >= 15 is 0 Å². The Labute approximate surface area is 166 Å². The number of carbonyl (C=O) groups is 2. The number of thiazole rings is 1. The highest BCUT2D eigenvalue weighted by Gasteiger charge is 2.22. The molecule has 6 N–H and O–H groups in total. The minimum absolute atomic E-state index is 0.239. The molecule has 0 spiro atoms. The maximum Gasteiger partial charge on any atom is 0.357 e. The lowest BCUT2D eigenvalue weighted by Crippen LogP contribution is -2.29. The largest absolute Gasteiger partial charge is 0.476 e. The van der Waals surface area contributed by atoms with Crippen LogP contribution < -0.4 is 21.1 Å². The number of carboxylic acids is 1. The van der Waals surface area contributed by atoms with Gasteiger partial charge >= 0.3 is 5.97 Å². The highest BCUT2D eigenvalue weighted by Crippen LogP contribution is 2.25. The first kappa shape index (κ1) is 21.5. The molecule has 0 aliphatic carbocycles. The van der Waals surface area contributed by atoms with Crippen LogP contribution in [0.1, 0.15) is 10.5 Å². The normalized spacial score (nSPS) is 11.4. The fraction of sp³-hybridized carbons (Fsp3) is 0.0714. The van der Waals surface area contributed by atoms with Crippen molar-refractivity contribution in [2.75, 3.05) is 16.6 Å². The summed E-state index contributed by atoms with van der Waals surface area (Å²) in [6.45, 7) is -0.509. The Balaban J connectivity index is 2.15. The number of nitrogens with two attached hydrogens (primary N) is 1. The number of benzene rings is 1. The molecule has 0 atom stereocenters. The summed E-state index contributed by atoms with van der Waals surface area (Å²) in [7, 11) is -4.31. The monoisotopic (exact) mass is 441 g/mol. The summed E-state index contributed by atoms with van der Waals surface area (Å²) in [5.74, 6) is -3.56. The molecule has 0 aliphatic heterocycles. The van der Waals surface area contributed by atoms with E-state index in [0.717, 1.165) is 29.0 Å². The van der Waals surface area contributed by atoms with E-state index in [-0.39, 0.29) is 16.6 Å². The first-order valence-corrected chi connectivity index (χ1v) is 9.74. The fourth-order valence-electron chi connectivity index (χ4n) is 1.86. The molecule has 0 saturated carbocycles. The van der Waals surface area contributed by atoms with Crippen LogP contribution in [0.15, 0.2) is 33.6 Å². The highest BCUT2D eigenvalue weighted by molar-refractivity contribution is 7.93. The van der Waals surface area contributed by atoms with Gasteiger partial charge in [0.05, 0.1) is 16.1 Å². The number of aromatic carboxylic acids is 1. The third kappa shape index (κ3) is 5.60. The van der Waals surface area contributed by atoms with E-state index in [2.05, 4.69) is 15.3 Å². The maximum atomic E-state index is 14.2. The lowest BCUT2D eigenvalue weighted by Gasteiger charge is -2.09. The number of nitrogens with one attached hydrogen (secondary N) is 3. The van der Waals surface area contributed by atoms with Crippen molar-refractivity contribution in [1.82, 2.24) is 10.3 Å². The zero-order valence-electron chi connectivity index (χ0n) is 14.2. The summed E-state index contributed by atoms with van der Waals surface area (Å²) in [5.41, 5.74) is 5.59. The van der Waals surface area contributed by atoms with E-state index in [1.54, 1.807) is 0 Å². The van der Waals surface area contributed by atoms with Gasteiger partial charge in [-0.15, -0.1) is 11.3 Å². The standard InChI is InChI=1S/C14H12FN7O5S2/c15-8-3-7(29(26,27)22-12-11(13(24)25)20-6-28-12)1-2-9(8)21-10(23)4-18-14(17)19-5-16/h1-3,6,22H,4H2,(H,21,23)(H,24,25)(H3,17,18,19). The van der Waals surface area contributed by atoms with Crippen LogP contribution in [0, 0.1) is 17.3 Å². The van der Waals surface area contributed by atoms with Crippen LogP contribution in [-0.4, -0.2) is 42.9 Å². The van der Waals surface area contributed by atoms with Gasteiger partial charge in [0.1, 0.15) is 17.4 Å². The topological polar surface area (TPSA) is 200 Å². The van der Waals surface area contributed by atoms with Gasteiger partial charge in [0, 0.05) is 0 Å². The number of carboxylic acid groups (broad SMARTS) is 1. The van der Waals surface area contributed by atoms with Crippen molar-refractivity contribution in [3.63, 3.8) is 0 Å². The van der Waals surface area contributed by atoms with Gasteiger partial charge in [0.25, 0.3) is 10.0 Å². The number of guanidine groups is 1. The molecule has 1 aromatic heterocycles. The average Bonchev–Trinajstić information content (AvgIpc) is 3.09. The van der Waals surface area contributed by atoms with Crippen LogP contribution in [0.5, 0.6) is 0 Å². The van der Waals surface area contributed by atoms with E-state index in [9.17, 15) is 22.4 Å². The van der Waals surface area contributed by atoms with E-state index in [1.165, 1.54) is 6.19 Å². The average molecular weight is 441 g/mol. The molecule has 1 aromatic carbocycles. The summed E-state index contributed by atoms with van der Waals surface area (Å²) < 4.78 is 41.0. The predicted molar refractivity (Wildman–Crippen MR) is 100 cm³/mol. The number of hydrogen-bond donors (Lipinski definition) is 5. The molecule has 0 bridgehead atoms. The van der Waals surface area contributed by atoms with Gasteiger partial charge in [-0.2, -0.15) is 5.26 Å². The quantitative estimate of drug-likeness (QED) is 0.171. The van der Waals surface area contributed by atoms with E-state index in [4.69, 9.17) is 16.1 Å². The highest BCUT2D eigenvalue weighted by atomic mass is 32.2. The van der Waals surface area contributed by atoms with Crippen molar-refractivity contribution in [3.8, 4) is 6.19 Å². The number of sulfonamides is 1. The SMILES string of the molecule is N#CNC(N)=NCC(=O)Nc1ccc(S(=O)(=O)Nc2scnc2C(=O)O)cc1F. The first-order chi connectivity index (χ1) is 13.6. The van der Waals surface area contributed by atoms with Gasteiger partial charge in [0.15, 0.2) is 11.9 Å². The van der Waals surface area contributed by atoms with Crippen molar-refractivity contribution < 1.29 is 27.5 Å². The smallest absolute Gasteiger partial charge is 0.357 e. The number of amides is 1. The van der Waals surface area contributed by atoms with Crippen LogP contribution >= 0.6 is 11.3 Å². The Morgan fingerprint density at radius 1 is 1.41 bits per heavy atom. The Morgan fingerprint density at radius 3 is 2.76 bits per heavy atom. The molecule has 0 radical (unpaired) electrons. The summed E-state index contributed by atoms with van der Waals surface area (Å²) in [6.07, 6.45) is 1.50. The number of carbonyl (C=O) groups excluding carboxylic acids is 1. The molecule has 0 unspecified atom stereocenters. The zero-order chi connectivity index (χ0) is 21.6. The Bertz CT molecular complexity index is 1120. The second-order valence-electron chi connectivity index (χ2n) is 5.07. The fourth-order valence-corrected chi connectivity index (χ4v) is 3.86. The molecule has 29 heavy (non-hydrogen) atoms. The van der Waals surface area contributed by atoms with Gasteiger partial charge in [-0.05, 0) is 18.2 Å². The van der Waals surface area contributed by atoms with Crippen LogP contribution in [0.4, 0.5) is 15.1 Å². The van der Waals surface area contributed by atoms with Crippen molar-refractivity contribution in [2.24, 2.45) is 10.7 Å². The molecule has 12 nitrogen and oxygen atoms in total. The van der Waals surface area contributed by atoms with Crippen molar-refractivity contribution >= 4 is 49.9 Å². The summed E-state index contributed by atoms with van der Waals surface area (Å²) in [6, 6.07) is 2.67. The number of aliphatic imine (C=N–C) groups is 1. The van der Waals surface area contributed by atoms with Crippen LogP contribution in [-0.2, 0) is 14.8 Å². The molecule has 152 valence electrons. The summed E-state index contributed by atoms with van der Waals surface area (Å²) in [5, 5.41) is 21.2. The van der Waals surface area contributed by atoms with Crippen LogP contribution in [0.2, 0.25) is 0 Å². The van der Waals surface area contributed by atoms with Crippen molar-refractivity contribution in [2.45, 2.75) is 4.90 Å². The zero-order valence-corrected chi connectivity index (χ0v) is 15.8. The number of rotatable bonds is 7. The lowest BCUT2D eigenvalue weighted by molar-refractivity contribution is -0.114. The minimum atomic E-state index is -4.31. The maximum absolute atomic E-state index is 14.2. The van der Waals surface area contributed by atoms with E-state index in [0.29, 0.717) is 6.07 Å². The predicted octanol–water partition coefficient (Wildman–Crippen LogP) is 0.105. The lowest BCUT2D eigenvalue weighted by atomic mass is 10.3. The van der Waals surface area contributed by atoms with Crippen LogP contribution in [0.3, 0.4) is 0 Å². The molecule has 2 rings (SSSR count). The van der Waals surface area contributed by atoms with Gasteiger partial charge in [-0.25, -0.2) is 27.6 Å². The van der Waals surface area contributed by atoms with Crippen molar-refractivity contribution in [3.05, 3.63) is 35.2 Å². The molecule has 2 aromatic rings. The summed E-state index contributed by atoms with van der Waals surface area (Å²) >= 11 is 0.746. The number of nitrogens with zero attached hydrogens (tertiary/aromatic N) is 3. The molecular weight excluding hydrogens is 429 g/mol. The Kier molecular flexibility index (Phi) is 6.64. The van der Waals surface area contributed by atoms with Crippen LogP contribution in [0.25, 0.3) is 0 Å². The van der Waals surface area contributed by atoms with E-state index in [1.807, 2.05) is 10.0 Å². The molecule has 15 heteroatoms. The first-order valence-electron chi connectivity index (χ1n) is 7.38. The number of aromatic nitrogens is 1. The molecule has 1 amide bonds. The third-order valence-corrected chi connectivity index (χ3v) is 5.32. The van der Waals surface area contributed by atoms with Gasteiger partial charge in [0.2, 0.25) is 11.9 Å². The molecule has 0 fully saturated rings. The number of halogens is 1. The van der Waals surface area contributed by atoms with Gasteiger partial charge in [-0.1, -0.05) is 0 Å². The molecular formula is C14H12FN7O5S2. The number of anilines is 2. The second kappa shape index (κ2) is 8.95. The second-order valence-corrected chi connectivity index (χ2v) is 7.61. The number of hydrogen-bond acceptors (Lipinski definition) is 8. The molecule has 0 saturated heterocycles. The minimum Gasteiger partial charge on any atom is -0.476 e. The van der Waals surface area contributed by atoms with Gasteiger partial charge < -0.3 is 16.2 Å². The molecule has 0 aliphatic rings. The van der Waals surface area contributed by atoms with Crippen molar-refractivity contribution in [1.29, 1.82) is 5.26 Å². The summed E-state index contributed by atoms with van der Waals surface area (Å²) in [4.78, 5) is 29.3. The third-order valence-electron chi connectivity index (χ3n) is 3.10.